The van der Waals surface area contributed by atoms with Crippen LogP contribution in [0.25, 0.3) is 10.8 Å². The molecule has 0 aromatic heterocycles. The first-order valence-electron chi connectivity index (χ1n) is 6.04. The Labute approximate surface area is 107 Å². The van der Waals surface area contributed by atoms with Crippen molar-refractivity contribution >= 4 is 10.8 Å². The van der Waals surface area contributed by atoms with Gasteiger partial charge in [-0.1, -0.05) is 30.3 Å². The molecule has 0 fully saturated rings. The number of hydrogen-bond donors (Lipinski definition) is 1. The molecule has 1 N–H and O–H groups in total. The second-order valence-corrected chi connectivity index (χ2v) is 4.08. The standard InChI is InChI=1S/C16H16O2/c1-2-3-6-11-18-16-10-9-13-7-4-5-8-14(13)15(16)12-17/h1,4-5,7-10,17H,3,6,11-12H2. The highest BCUT2D eigenvalue weighted by Crippen LogP contribution is 2.28. The van der Waals surface area contributed by atoms with E-state index in [4.69, 9.17) is 11.2 Å². The lowest BCUT2D eigenvalue weighted by molar-refractivity contribution is 0.263. The first kappa shape index (κ1) is 12.5. The molecule has 0 aliphatic carbocycles. The molecule has 0 saturated heterocycles. The van der Waals surface area contributed by atoms with Gasteiger partial charge in [0.05, 0.1) is 13.2 Å². The Bertz CT molecular complexity index is 567. The van der Waals surface area contributed by atoms with Gasteiger partial charge in [-0.25, -0.2) is 0 Å². The fraction of sp³-hybridized carbons (Fsp3) is 0.250. The summed E-state index contributed by atoms with van der Waals surface area (Å²) in [6.07, 6.45) is 6.73. The van der Waals surface area contributed by atoms with Crippen LogP contribution in [0.4, 0.5) is 0 Å². The number of aliphatic hydroxyl groups excluding tert-OH is 1. The van der Waals surface area contributed by atoms with E-state index >= 15 is 0 Å². The molecule has 2 aromatic rings. The molecule has 0 heterocycles. The molecule has 0 amide bonds. The smallest absolute Gasteiger partial charge is 0.125 e. The molecule has 0 aliphatic rings. The number of unbranched alkanes of at least 4 members (excludes halogenated alkanes) is 1. The maximum absolute atomic E-state index is 9.51. The van der Waals surface area contributed by atoms with Gasteiger partial charge in [-0.05, 0) is 23.3 Å². The molecule has 0 bridgehead atoms. The molecule has 2 aromatic carbocycles. The highest BCUT2D eigenvalue weighted by molar-refractivity contribution is 5.87. The average Bonchev–Trinajstić information content (AvgIpc) is 2.43. The number of rotatable bonds is 5. The van der Waals surface area contributed by atoms with Gasteiger partial charge in [0.2, 0.25) is 0 Å². The maximum atomic E-state index is 9.51. The van der Waals surface area contributed by atoms with E-state index in [9.17, 15) is 5.11 Å². The van der Waals surface area contributed by atoms with Crippen molar-refractivity contribution in [2.75, 3.05) is 6.61 Å². The van der Waals surface area contributed by atoms with Crippen LogP contribution in [0.1, 0.15) is 18.4 Å². The van der Waals surface area contributed by atoms with Crippen LogP contribution < -0.4 is 4.74 Å². The van der Waals surface area contributed by atoms with E-state index in [0.29, 0.717) is 13.0 Å². The summed E-state index contributed by atoms with van der Waals surface area (Å²) in [6.45, 7) is 0.557. The SMILES string of the molecule is C#CCCCOc1ccc2ccccc2c1CO. The van der Waals surface area contributed by atoms with Crippen molar-refractivity contribution in [3.8, 4) is 18.1 Å². The third kappa shape index (κ3) is 2.64. The second-order valence-electron chi connectivity index (χ2n) is 4.08. The molecule has 0 saturated carbocycles. The summed E-state index contributed by atoms with van der Waals surface area (Å²) >= 11 is 0. The minimum absolute atomic E-state index is 0.0220. The predicted octanol–water partition coefficient (Wildman–Crippen LogP) is 3.12. The maximum Gasteiger partial charge on any atom is 0.125 e. The topological polar surface area (TPSA) is 29.5 Å². The molecule has 0 radical (unpaired) electrons. The lowest BCUT2D eigenvalue weighted by Crippen LogP contribution is -2.00. The number of hydrogen-bond acceptors (Lipinski definition) is 2. The Balaban J connectivity index is 2.25. The predicted molar refractivity (Wildman–Crippen MR) is 73.4 cm³/mol. The fourth-order valence-corrected chi connectivity index (χ4v) is 1.97. The summed E-state index contributed by atoms with van der Waals surface area (Å²) < 4.78 is 5.68. The molecule has 2 heteroatoms. The number of aliphatic hydroxyl groups is 1. The summed E-state index contributed by atoms with van der Waals surface area (Å²) in [5, 5.41) is 11.7. The number of ether oxygens (including phenoxy) is 1. The van der Waals surface area contributed by atoms with E-state index in [1.807, 2.05) is 36.4 Å². The van der Waals surface area contributed by atoms with Crippen LogP contribution in [0, 0.1) is 12.3 Å². The molecule has 0 spiro atoms. The zero-order valence-corrected chi connectivity index (χ0v) is 10.2. The summed E-state index contributed by atoms with van der Waals surface area (Å²) in [6, 6.07) is 11.9. The molecule has 2 rings (SSSR count). The van der Waals surface area contributed by atoms with Gasteiger partial charge >= 0.3 is 0 Å². The van der Waals surface area contributed by atoms with Crippen LogP contribution in [-0.4, -0.2) is 11.7 Å². The minimum atomic E-state index is -0.0220. The Morgan fingerprint density at radius 3 is 2.78 bits per heavy atom. The molecule has 0 unspecified atom stereocenters. The summed E-state index contributed by atoms with van der Waals surface area (Å²) in [5.41, 5.74) is 0.841. The quantitative estimate of drug-likeness (QED) is 0.642. The Morgan fingerprint density at radius 1 is 1.17 bits per heavy atom. The van der Waals surface area contributed by atoms with Gasteiger partial charge in [-0.3, -0.25) is 0 Å². The van der Waals surface area contributed by atoms with Crippen LogP contribution >= 0.6 is 0 Å². The molecule has 18 heavy (non-hydrogen) atoms. The van der Waals surface area contributed by atoms with E-state index in [1.54, 1.807) is 0 Å². The van der Waals surface area contributed by atoms with Crippen molar-refractivity contribution in [1.29, 1.82) is 0 Å². The van der Waals surface area contributed by atoms with Gasteiger partial charge in [0.1, 0.15) is 5.75 Å². The average molecular weight is 240 g/mol. The van der Waals surface area contributed by atoms with E-state index in [2.05, 4.69) is 5.92 Å². The third-order valence-electron chi connectivity index (χ3n) is 2.88. The first-order valence-corrected chi connectivity index (χ1v) is 6.04. The molecule has 0 aliphatic heterocycles. The summed E-state index contributed by atoms with van der Waals surface area (Å²) in [4.78, 5) is 0. The highest BCUT2D eigenvalue weighted by atomic mass is 16.5. The molecular formula is C16H16O2. The summed E-state index contributed by atoms with van der Waals surface area (Å²) in [5.74, 6) is 3.33. The molecule has 92 valence electrons. The van der Waals surface area contributed by atoms with Gasteiger partial charge < -0.3 is 9.84 Å². The van der Waals surface area contributed by atoms with Crippen molar-refractivity contribution in [3.63, 3.8) is 0 Å². The van der Waals surface area contributed by atoms with Crippen LogP contribution in [0.3, 0.4) is 0 Å². The van der Waals surface area contributed by atoms with Gasteiger partial charge in [0.25, 0.3) is 0 Å². The second kappa shape index (κ2) is 6.09. The van der Waals surface area contributed by atoms with Gasteiger partial charge in [0, 0.05) is 12.0 Å². The molecule has 2 nitrogen and oxygen atoms in total. The zero-order chi connectivity index (χ0) is 12.8. The van der Waals surface area contributed by atoms with Crippen molar-refractivity contribution in [1.82, 2.24) is 0 Å². The fourth-order valence-electron chi connectivity index (χ4n) is 1.97. The van der Waals surface area contributed by atoms with E-state index in [0.717, 1.165) is 28.5 Å². The van der Waals surface area contributed by atoms with E-state index in [-0.39, 0.29) is 6.61 Å². The van der Waals surface area contributed by atoms with Crippen LogP contribution in [0.15, 0.2) is 36.4 Å². The lowest BCUT2D eigenvalue weighted by atomic mass is 10.0. The highest BCUT2D eigenvalue weighted by Gasteiger charge is 2.07. The van der Waals surface area contributed by atoms with Gasteiger partial charge in [-0.15, -0.1) is 12.3 Å². The first-order chi connectivity index (χ1) is 8.86. The van der Waals surface area contributed by atoms with Crippen molar-refractivity contribution < 1.29 is 9.84 Å². The largest absolute Gasteiger partial charge is 0.493 e. The van der Waals surface area contributed by atoms with Crippen LogP contribution in [0.2, 0.25) is 0 Å². The molecular weight excluding hydrogens is 224 g/mol. The zero-order valence-electron chi connectivity index (χ0n) is 10.2. The lowest BCUT2D eigenvalue weighted by Gasteiger charge is -2.12. The van der Waals surface area contributed by atoms with Crippen molar-refractivity contribution in [2.45, 2.75) is 19.4 Å². The minimum Gasteiger partial charge on any atom is -0.493 e. The number of terminal acetylenes is 1. The Morgan fingerprint density at radius 2 is 2.00 bits per heavy atom. The van der Waals surface area contributed by atoms with E-state index < -0.39 is 0 Å². The number of benzene rings is 2. The molecule has 0 atom stereocenters. The normalized spacial score (nSPS) is 10.2. The Hall–Kier alpha value is -1.98. The van der Waals surface area contributed by atoms with Crippen LogP contribution in [-0.2, 0) is 6.61 Å². The summed E-state index contributed by atoms with van der Waals surface area (Å²) in [7, 11) is 0. The number of fused-ring (bicyclic) bond motifs is 1. The van der Waals surface area contributed by atoms with Gasteiger partial charge in [0.15, 0.2) is 0 Å². The monoisotopic (exact) mass is 240 g/mol. The third-order valence-corrected chi connectivity index (χ3v) is 2.88. The van der Waals surface area contributed by atoms with Crippen molar-refractivity contribution in [3.05, 3.63) is 42.0 Å². The van der Waals surface area contributed by atoms with Crippen LogP contribution in [0.5, 0.6) is 5.75 Å². The van der Waals surface area contributed by atoms with Crippen molar-refractivity contribution in [2.24, 2.45) is 0 Å². The Kier molecular flexibility index (Phi) is 4.22. The van der Waals surface area contributed by atoms with E-state index in [1.165, 1.54) is 0 Å². The van der Waals surface area contributed by atoms with Gasteiger partial charge in [-0.2, -0.15) is 0 Å².